The van der Waals surface area contributed by atoms with Crippen molar-refractivity contribution in [1.82, 2.24) is 9.47 Å². The van der Waals surface area contributed by atoms with E-state index in [0.717, 1.165) is 0 Å². The summed E-state index contributed by atoms with van der Waals surface area (Å²) in [6.45, 7) is 4.36. The third-order valence-corrected chi connectivity index (χ3v) is 4.24. The molecule has 0 aliphatic rings. The Bertz CT molecular complexity index is 895. The van der Waals surface area contributed by atoms with Gasteiger partial charge in [-0.3, -0.25) is 9.36 Å². The van der Waals surface area contributed by atoms with Crippen LogP contribution in [0.4, 0.5) is 0 Å². The van der Waals surface area contributed by atoms with E-state index in [1.165, 1.54) is 27.7 Å². The highest BCUT2D eigenvalue weighted by molar-refractivity contribution is 7.89. The largest absolute Gasteiger partial charge is 0.420 e. The topological polar surface area (TPSA) is 116 Å². The molecular weight excluding hydrogens is 322 g/mol. The van der Waals surface area contributed by atoms with Gasteiger partial charge in [-0.15, -0.1) is 0 Å². The standard InChI is InChI=1S/C14H19N3O5S/c1-9(2)7-16(3)13(18)8-17-11-5-4-10(23(15,20)21)6-12(11)22-14(17)19/h4-6,9H,7-8H2,1-3H3,(H2,15,20,21). The molecule has 8 nitrogen and oxygen atoms in total. The second-order valence-electron chi connectivity index (χ2n) is 5.80. The van der Waals surface area contributed by atoms with Crippen molar-refractivity contribution in [3.63, 3.8) is 0 Å². The number of hydrogen-bond acceptors (Lipinski definition) is 5. The van der Waals surface area contributed by atoms with E-state index >= 15 is 0 Å². The summed E-state index contributed by atoms with van der Waals surface area (Å²) in [5.74, 6) is -0.657. The quantitative estimate of drug-likeness (QED) is 0.843. The Morgan fingerprint density at radius 3 is 2.61 bits per heavy atom. The van der Waals surface area contributed by atoms with Crippen LogP contribution in [0.15, 0.2) is 32.3 Å². The van der Waals surface area contributed by atoms with Crippen LogP contribution in [0.2, 0.25) is 0 Å². The Kier molecular flexibility index (Phi) is 4.62. The van der Waals surface area contributed by atoms with Crippen LogP contribution in [0.3, 0.4) is 0 Å². The summed E-state index contributed by atoms with van der Waals surface area (Å²) in [5, 5.41) is 5.04. The van der Waals surface area contributed by atoms with Crippen LogP contribution < -0.4 is 10.9 Å². The van der Waals surface area contributed by atoms with Crippen LogP contribution in [0, 0.1) is 5.92 Å². The number of oxazole rings is 1. The Hall–Kier alpha value is -2.13. The van der Waals surface area contributed by atoms with Crippen molar-refractivity contribution in [3.05, 3.63) is 28.7 Å². The summed E-state index contributed by atoms with van der Waals surface area (Å²) >= 11 is 0. The van der Waals surface area contributed by atoms with E-state index in [9.17, 15) is 18.0 Å². The lowest BCUT2D eigenvalue weighted by atomic mass is 10.2. The monoisotopic (exact) mass is 341 g/mol. The predicted molar refractivity (Wildman–Crippen MR) is 84.3 cm³/mol. The van der Waals surface area contributed by atoms with Crippen LogP contribution in [-0.4, -0.2) is 37.4 Å². The molecule has 2 N–H and O–H groups in total. The lowest BCUT2D eigenvalue weighted by molar-refractivity contribution is -0.131. The van der Waals surface area contributed by atoms with E-state index in [0.29, 0.717) is 18.0 Å². The molecule has 0 bridgehead atoms. The SMILES string of the molecule is CC(C)CN(C)C(=O)Cn1c(=O)oc2cc(S(N)(=O)=O)ccc21. The summed E-state index contributed by atoms with van der Waals surface area (Å²) in [4.78, 5) is 25.5. The van der Waals surface area contributed by atoms with Crippen molar-refractivity contribution < 1.29 is 17.6 Å². The number of amides is 1. The normalized spacial score (nSPS) is 12.0. The Morgan fingerprint density at radius 1 is 1.39 bits per heavy atom. The first-order valence-electron chi connectivity index (χ1n) is 6.99. The molecule has 0 saturated heterocycles. The summed E-state index contributed by atoms with van der Waals surface area (Å²) in [6.07, 6.45) is 0. The van der Waals surface area contributed by atoms with Gasteiger partial charge in [0, 0.05) is 19.7 Å². The number of nitrogens with zero attached hydrogens (tertiary/aromatic N) is 2. The van der Waals surface area contributed by atoms with Gasteiger partial charge in [-0.25, -0.2) is 18.4 Å². The van der Waals surface area contributed by atoms with Crippen LogP contribution in [0.25, 0.3) is 11.1 Å². The summed E-state index contributed by atoms with van der Waals surface area (Å²) in [5.41, 5.74) is 0.412. The van der Waals surface area contributed by atoms with E-state index in [4.69, 9.17) is 9.56 Å². The fraction of sp³-hybridized carbons (Fsp3) is 0.429. The van der Waals surface area contributed by atoms with Crippen LogP contribution in [0.5, 0.6) is 0 Å². The van der Waals surface area contributed by atoms with Gasteiger partial charge in [-0.2, -0.15) is 0 Å². The molecule has 0 aliphatic heterocycles. The lowest BCUT2D eigenvalue weighted by Crippen LogP contribution is -2.35. The maximum atomic E-state index is 12.2. The van der Waals surface area contributed by atoms with E-state index in [1.54, 1.807) is 7.05 Å². The number of rotatable bonds is 5. The predicted octanol–water partition coefficient (Wildman–Crippen LogP) is 0.356. The molecular formula is C14H19N3O5S. The zero-order valence-corrected chi connectivity index (χ0v) is 14.0. The van der Waals surface area contributed by atoms with Gasteiger partial charge < -0.3 is 9.32 Å². The minimum Gasteiger partial charge on any atom is -0.408 e. The molecule has 0 aliphatic carbocycles. The highest BCUT2D eigenvalue weighted by Crippen LogP contribution is 2.17. The van der Waals surface area contributed by atoms with Gasteiger partial charge in [-0.1, -0.05) is 13.8 Å². The number of fused-ring (bicyclic) bond motifs is 1. The van der Waals surface area contributed by atoms with Crippen LogP contribution in [0.1, 0.15) is 13.8 Å². The zero-order chi connectivity index (χ0) is 17.4. The number of likely N-dealkylation sites (N-methyl/N-ethyl adjacent to an activating group) is 1. The maximum absolute atomic E-state index is 12.2. The van der Waals surface area contributed by atoms with Crippen LogP contribution in [-0.2, 0) is 21.4 Å². The molecule has 23 heavy (non-hydrogen) atoms. The number of carbonyl (C=O) groups is 1. The third kappa shape index (κ3) is 3.80. The molecule has 0 atom stereocenters. The number of sulfonamides is 1. The minimum absolute atomic E-state index is 0.0702. The summed E-state index contributed by atoms with van der Waals surface area (Å²) < 4.78 is 28.8. The molecule has 0 radical (unpaired) electrons. The van der Waals surface area contributed by atoms with Gasteiger partial charge in [0.25, 0.3) is 0 Å². The highest BCUT2D eigenvalue weighted by Gasteiger charge is 2.18. The minimum atomic E-state index is -3.89. The summed E-state index contributed by atoms with van der Waals surface area (Å²) in [6, 6.07) is 3.84. The molecule has 1 aromatic carbocycles. The van der Waals surface area contributed by atoms with Crippen molar-refractivity contribution >= 4 is 27.0 Å². The van der Waals surface area contributed by atoms with E-state index < -0.39 is 15.8 Å². The van der Waals surface area contributed by atoms with Gasteiger partial charge in [-0.05, 0) is 18.1 Å². The smallest absolute Gasteiger partial charge is 0.408 e. The highest BCUT2D eigenvalue weighted by atomic mass is 32.2. The molecule has 0 fully saturated rings. The van der Waals surface area contributed by atoms with Gasteiger partial charge in [0.2, 0.25) is 15.9 Å². The molecule has 2 rings (SSSR count). The number of primary sulfonamides is 1. The molecule has 1 aromatic heterocycles. The fourth-order valence-corrected chi connectivity index (χ4v) is 2.81. The Morgan fingerprint density at radius 2 is 2.04 bits per heavy atom. The van der Waals surface area contributed by atoms with Crippen molar-refractivity contribution in [2.45, 2.75) is 25.3 Å². The lowest BCUT2D eigenvalue weighted by Gasteiger charge is -2.19. The Labute approximate surface area is 133 Å². The zero-order valence-electron chi connectivity index (χ0n) is 13.1. The van der Waals surface area contributed by atoms with E-state index in [2.05, 4.69) is 0 Å². The van der Waals surface area contributed by atoms with Gasteiger partial charge in [0.05, 0.1) is 10.4 Å². The van der Waals surface area contributed by atoms with Gasteiger partial charge >= 0.3 is 5.76 Å². The first-order valence-corrected chi connectivity index (χ1v) is 8.54. The summed E-state index contributed by atoms with van der Waals surface area (Å²) in [7, 11) is -2.23. The van der Waals surface area contributed by atoms with Gasteiger partial charge in [0.1, 0.15) is 6.54 Å². The first kappa shape index (κ1) is 17.2. The number of nitrogens with two attached hydrogens (primary N) is 1. The van der Waals surface area contributed by atoms with Crippen molar-refractivity contribution in [2.75, 3.05) is 13.6 Å². The number of carbonyl (C=O) groups excluding carboxylic acids is 1. The van der Waals surface area contributed by atoms with Crippen LogP contribution >= 0.6 is 0 Å². The van der Waals surface area contributed by atoms with E-state index in [-0.39, 0.29) is 22.9 Å². The number of aromatic nitrogens is 1. The molecule has 1 amide bonds. The molecule has 0 unspecified atom stereocenters. The van der Waals surface area contributed by atoms with E-state index in [1.807, 2.05) is 13.8 Å². The molecule has 2 aromatic rings. The average Bonchev–Trinajstić information content (AvgIpc) is 2.72. The van der Waals surface area contributed by atoms with Crippen molar-refractivity contribution in [1.29, 1.82) is 0 Å². The molecule has 0 saturated carbocycles. The molecule has 126 valence electrons. The molecule has 0 spiro atoms. The maximum Gasteiger partial charge on any atom is 0.420 e. The Balaban J connectivity index is 2.37. The second-order valence-corrected chi connectivity index (χ2v) is 7.36. The number of benzene rings is 1. The third-order valence-electron chi connectivity index (χ3n) is 3.33. The van der Waals surface area contributed by atoms with Crippen molar-refractivity contribution in [3.8, 4) is 0 Å². The molecule has 9 heteroatoms. The fourth-order valence-electron chi connectivity index (χ4n) is 2.28. The first-order chi connectivity index (χ1) is 10.6. The van der Waals surface area contributed by atoms with Crippen molar-refractivity contribution in [2.24, 2.45) is 11.1 Å². The second kappa shape index (κ2) is 6.17. The average molecular weight is 341 g/mol. The molecule has 1 heterocycles. The van der Waals surface area contributed by atoms with Gasteiger partial charge in [0.15, 0.2) is 5.58 Å². The number of hydrogen-bond donors (Lipinski definition) is 1.